The van der Waals surface area contributed by atoms with Crippen LogP contribution in [-0.2, 0) is 22.4 Å². The Morgan fingerprint density at radius 2 is 2.07 bits per heavy atom. The number of benzene rings is 2. The van der Waals surface area contributed by atoms with E-state index in [1.807, 2.05) is 6.07 Å². The minimum absolute atomic E-state index is 0. The van der Waals surface area contributed by atoms with Crippen LogP contribution < -0.4 is 33.5 Å². The van der Waals surface area contributed by atoms with E-state index in [0.717, 1.165) is 5.56 Å². The molecule has 0 radical (unpaired) electrons. The van der Waals surface area contributed by atoms with E-state index in [-0.39, 0.29) is 42.5 Å². The molecule has 0 saturated heterocycles. The highest BCUT2D eigenvalue weighted by Crippen LogP contribution is 2.30. The van der Waals surface area contributed by atoms with E-state index in [9.17, 15) is 14.0 Å². The summed E-state index contributed by atoms with van der Waals surface area (Å²) in [4.78, 5) is 24.6. The number of rotatable bonds is 6. The van der Waals surface area contributed by atoms with Crippen molar-refractivity contribution in [1.82, 2.24) is 5.32 Å². The van der Waals surface area contributed by atoms with Gasteiger partial charge < -0.3 is 33.5 Å². The zero-order chi connectivity index (χ0) is 19.4. The Labute approximate surface area is 169 Å². The molecular weight excluding hydrogens is 385 g/mol. The molecule has 6 nitrogen and oxygen atoms in total. The van der Waals surface area contributed by atoms with Crippen LogP contribution >= 0.6 is 0 Å². The van der Waals surface area contributed by atoms with Crippen molar-refractivity contribution < 1.29 is 36.9 Å². The van der Waals surface area contributed by atoms with Crippen LogP contribution in [0.4, 0.5) is 10.1 Å². The zero-order valence-corrected chi connectivity index (χ0v) is 16.3. The molecule has 1 aliphatic heterocycles. The molecule has 2 amide bonds. The largest absolute Gasteiger partial charge is 1.00 e. The number of fused-ring (bicyclic) bond motifs is 1. The van der Waals surface area contributed by atoms with Crippen LogP contribution in [0.25, 0.3) is 0 Å². The fourth-order valence-corrected chi connectivity index (χ4v) is 3.28. The number of amides is 2. The van der Waals surface area contributed by atoms with Crippen molar-refractivity contribution in [2.45, 2.75) is 31.3 Å². The Morgan fingerprint density at radius 1 is 1.32 bits per heavy atom. The fraction of sp³-hybridized carbons (Fsp3) is 0.300. The van der Waals surface area contributed by atoms with Crippen molar-refractivity contribution >= 4 is 17.5 Å². The molecule has 2 atom stereocenters. The third-order valence-corrected chi connectivity index (χ3v) is 4.61. The van der Waals surface area contributed by atoms with Gasteiger partial charge in [0.05, 0.1) is 19.6 Å². The SMILES string of the molecule is COc1cccc2c1CC(NC(=O)C[C@H]([NH3+])Cc1ccccc1F)C(=O)N2.[Cl-]. The molecular formula is C20H23ClFN3O3. The van der Waals surface area contributed by atoms with E-state index in [4.69, 9.17) is 4.74 Å². The fourth-order valence-electron chi connectivity index (χ4n) is 3.28. The predicted octanol–water partition coefficient (Wildman–Crippen LogP) is -1.94. The van der Waals surface area contributed by atoms with Crippen LogP contribution in [0.1, 0.15) is 17.5 Å². The summed E-state index contributed by atoms with van der Waals surface area (Å²) in [6.45, 7) is 0. The lowest BCUT2D eigenvalue weighted by Crippen LogP contribution is -3.00. The molecule has 2 aromatic rings. The molecule has 0 aliphatic carbocycles. The van der Waals surface area contributed by atoms with Gasteiger partial charge in [0.25, 0.3) is 0 Å². The molecule has 2 aromatic carbocycles. The molecule has 1 aliphatic rings. The number of nitrogens with one attached hydrogen (secondary N) is 2. The van der Waals surface area contributed by atoms with E-state index < -0.39 is 6.04 Å². The number of hydrogen-bond donors (Lipinski definition) is 3. The number of carbonyl (C=O) groups is 2. The quantitative estimate of drug-likeness (QED) is 0.520. The van der Waals surface area contributed by atoms with Crippen LogP contribution in [0.3, 0.4) is 0 Å². The summed E-state index contributed by atoms with van der Waals surface area (Å²) in [6, 6.07) is 10.9. The van der Waals surface area contributed by atoms with E-state index in [2.05, 4.69) is 16.4 Å². The highest BCUT2D eigenvalue weighted by Gasteiger charge is 2.30. The van der Waals surface area contributed by atoms with Gasteiger partial charge in [-0.1, -0.05) is 24.3 Å². The Kier molecular flexibility index (Phi) is 7.37. The summed E-state index contributed by atoms with van der Waals surface area (Å²) in [7, 11) is 1.57. The smallest absolute Gasteiger partial charge is 0.247 e. The minimum Gasteiger partial charge on any atom is -1.00 e. The summed E-state index contributed by atoms with van der Waals surface area (Å²) < 4.78 is 19.1. The monoisotopic (exact) mass is 407 g/mol. The minimum atomic E-state index is -0.679. The second kappa shape index (κ2) is 9.52. The summed E-state index contributed by atoms with van der Waals surface area (Å²) in [5, 5.41) is 5.54. The van der Waals surface area contributed by atoms with Gasteiger partial charge in [0.2, 0.25) is 11.8 Å². The van der Waals surface area contributed by atoms with Crippen molar-refractivity contribution in [2.24, 2.45) is 0 Å². The number of hydrogen-bond acceptors (Lipinski definition) is 3. The Hall–Kier alpha value is -2.64. The van der Waals surface area contributed by atoms with Gasteiger partial charge >= 0.3 is 0 Å². The number of halogens is 2. The van der Waals surface area contributed by atoms with Gasteiger partial charge in [-0.2, -0.15) is 0 Å². The maximum Gasteiger partial charge on any atom is 0.247 e. The maximum absolute atomic E-state index is 13.7. The van der Waals surface area contributed by atoms with Crippen molar-refractivity contribution in [3.05, 3.63) is 59.4 Å². The zero-order valence-electron chi connectivity index (χ0n) is 15.5. The summed E-state index contributed by atoms with van der Waals surface area (Å²) in [5.74, 6) is -0.188. The topological polar surface area (TPSA) is 95.1 Å². The number of quaternary nitrogens is 1. The van der Waals surface area contributed by atoms with Gasteiger partial charge in [0, 0.05) is 24.1 Å². The first kappa shape index (κ1) is 21.7. The van der Waals surface area contributed by atoms with Gasteiger partial charge in [-0.25, -0.2) is 4.39 Å². The summed E-state index contributed by atoms with van der Waals surface area (Å²) in [6.07, 6.45) is 0.816. The highest BCUT2D eigenvalue weighted by atomic mass is 35.5. The first-order valence-corrected chi connectivity index (χ1v) is 8.80. The molecule has 0 aromatic heterocycles. The highest BCUT2D eigenvalue weighted by molar-refractivity contribution is 6.00. The van der Waals surface area contributed by atoms with Crippen molar-refractivity contribution in [1.29, 1.82) is 0 Å². The van der Waals surface area contributed by atoms with Crippen LogP contribution in [0.2, 0.25) is 0 Å². The van der Waals surface area contributed by atoms with Crippen LogP contribution in [0.15, 0.2) is 42.5 Å². The first-order chi connectivity index (χ1) is 13.0. The average Bonchev–Trinajstić information content (AvgIpc) is 2.63. The Balaban J connectivity index is 0.00000280. The van der Waals surface area contributed by atoms with Crippen LogP contribution in [0.5, 0.6) is 5.75 Å². The number of methoxy groups -OCH3 is 1. The second-order valence-corrected chi connectivity index (χ2v) is 6.67. The third-order valence-electron chi connectivity index (χ3n) is 4.61. The molecule has 1 heterocycles. The molecule has 0 fully saturated rings. The second-order valence-electron chi connectivity index (χ2n) is 6.67. The van der Waals surface area contributed by atoms with Gasteiger partial charge in [-0.15, -0.1) is 0 Å². The Bertz CT molecular complexity index is 862. The average molecular weight is 408 g/mol. The lowest BCUT2D eigenvalue weighted by atomic mass is 9.97. The number of carbonyl (C=O) groups excluding carboxylic acids is 2. The van der Waals surface area contributed by atoms with E-state index in [1.54, 1.807) is 37.4 Å². The van der Waals surface area contributed by atoms with Crippen molar-refractivity contribution in [3.63, 3.8) is 0 Å². The first-order valence-electron chi connectivity index (χ1n) is 8.80. The van der Waals surface area contributed by atoms with Crippen molar-refractivity contribution in [3.8, 4) is 5.75 Å². The summed E-state index contributed by atoms with van der Waals surface area (Å²) in [5.41, 5.74) is 6.01. The van der Waals surface area contributed by atoms with Gasteiger partial charge in [-0.05, 0) is 23.8 Å². The molecule has 150 valence electrons. The van der Waals surface area contributed by atoms with E-state index >= 15 is 0 Å². The molecule has 3 rings (SSSR count). The Morgan fingerprint density at radius 3 is 2.79 bits per heavy atom. The van der Waals surface area contributed by atoms with Gasteiger partial charge in [0.1, 0.15) is 17.6 Å². The third kappa shape index (κ3) is 4.99. The number of anilines is 1. The number of ether oxygens (including phenoxy) is 1. The maximum atomic E-state index is 13.7. The molecule has 0 spiro atoms. The van der Waals surface area contributed by atoms with E-state index in [1.165, 1.54) is 6.07 Å². The van der Waals surface area contributed by atoms with Crippen molar-refractivity contribution in [2.75, 3.05) is 12.4 Å². The normalized spacial score (nSPS) is 16.2. The lowest BCUT2D eigenvalue weighted by Gasteiger charge is -2.26. The molecule has 1 unspecified atom stereocenters. The standard InChI is InChI=1S/C20H22FN3O3.ClH/c1-27-18-8-4-7-16-14(18)11-17(20(26)24-16)23-19(25)10-13(22)9-12-5-2-3-6-15(12)21;/h2-8,13,17H,9-11,22H2,1H3,(H,23,25)(H,24,26);1H/t13-,17?;/m1./s1. The van der Waals surface area contributed by atoms with Crippen LogP contribution in [0, 0.1) is 5.82 Å². The molecule has 0 bridgehead atoms. The predicted molar refractivity (Wildman–Crippen MR) is 98.7 cm³/mol. The van der Waals surface area contributed by atoms with Gasteiger partial charge in [0.15, 0.2) is 0 Å². The molecule has 5 N–H and O–H groups in total. The molecule has 0 saturated carbocycles. The van der Waals surface area contributed by atoms with Crippen LogP contribution in [-0.4, -0.2) is 31.0 Å². The van der Waals surface area contributed by atoms with E-state index in [0.29, 0.717) is 29.8 Å². The lowest BCUT2D eigenvalue weighted by molar-refractivity contribution is -0.418. The molecule has 28 heavy (non-hydrogen) atoms. The van der Waals surface area contributed by atoms with Gasteiger partial charge in [-0.3, -0.25) is 9.59 Å². The molecule has 8 heteroatoms. The summed E-state index contributed by atoms with van der Waals surface area (Å²) >= 11 is 0.